The summed E-state index contributed by atoms with van der Waals surface area (Å²) < 4.78 is 0. The van der Waals surface area contributed by atoms with Gasteiger partial charge in [-0.1, -0.05) is 37.6 Å². The minimum absolute atomic E-state index is 0.0645. The van der Waals surface area contributed by atoms with Gasteiger partial charge in [-0.3, -0.25) is 9.69 Å². The number of rotatable bonds is 7. The number of hydrogen-bond acceptors (Lipinski definition) is 3. The van der Waals surface area contributed by atoms with E-state index in [9.17, 15) is 4.79 Å². The molecule has 1 unspecified atom stereocenters. The van der Waals surface area contributed by atoms with Crippen molar-refractivity contribution in [2.24, 2.45) is 5.73 Å². The van der Waals surface area contributed by atoms with E-state index in [-0.39, 0.29) is 5.91 Å². The van der Waals surface area contributed by atoms with Gasteiger partial charge in [0.2, 0.25) is 5.91 Å². The average Bonchev–Trinajstić information content (AvgIpc) is 2.99. The lowest BCUT2D eigenvalue weighted by molar-refractivity contribution is -0.126. The van der Waals surface area contributed by atoms with Crippen LogP contribution in [0.1, 0.15) is 50.7 Å². The van der Waals surface area contributed by atoms with E-state index in [2.05, 4.69) is 28.4 Å². The Morgan fingerprint density at radius 3 is 2.55 bits per heavy atom. The van der Waals surface area contributed by atoms with Gasteiger partial charge in [-0.15, -0.1) is 0 Å². The van der Waals surface area contributed by atoms with Crippen LogP contribution >= 0.6 is 0 Å². The van der Waals surface area contributed by atoms with Crippen molar-refractivity contribution in [3.8, 4) is 0 Å². The maximum Gasteiger partial charge on any atom is 0.240 e. The molecule has 1 saturated heterocycles. The summed E-state index contributed by atoms with van der Waals surface area (Å²) >= 11 is 0. The predicted molar refractivity (Wildman–Crippen MR) is 90.3 cm³/mol. The first-order valence-electron chi connectivity index (χ1n) is 8.39. The normalized spacial score (nSPS) is 18.1. The molecule has 1 aliphatic rings. The van der Waals surface area contributed by atoms with E-state index >= 15 is 0 Å². The lowest BCUT2D eigenvalue weighted by atomic mass is 9.96. The molecular formula is C18H29N3O. The minimum atomic E-state index is -0.779. The SMILES string of the molecule is CCCC(C)(N)C(=O)NCc1ccccc1CN1CCCC1. The van der Waals surface area contributed by atoms with Crippen molar-refractivity contribution in [1.29, 1.82) is 0 Å². The summed E-state index contributed by atoms with van der Waals surface area (Å²) in [6.45, 7) is 7.74. The summed E-state index contributed by atoms with van der Waals surface area (Å²) in [5, 5.41) is 3.01. The number of benzene rings is 1. The zero-order valence-corrected chi connectivity index (χ0v) is 13.9. The van der Waals surface area contributed by atoms with Crippen molar-refractivity contribution in [3.63, 3.8) is 0 Å². The van der Waals surface area contributed by atoms with Crippen LogP contribution in [0.3, 0.4) is 0 Å². The fourth-order valence-electron chi connectivity index (χ4n) is 3.08. The van der Waals surface area contributed by atoms with E-state index in [1.165, 1.54) is 37.1 Å². The van der Waals surface area contributed by atoms with Crippen LogP contribution in [0.25, 0.3) is 0 Å². The van der Waals surface area contributed by atoms with Crippen molar-refractivity contribution in [2.75, 3.05) is 13.1 Å². The van der Waals surface area contributed by atoms with E-state index in [4.69, 9.17) is 5.73 Å². The van der Waals surface area contributed by atoms with Gasteiger partial charge in [0.05, 0.1) is 5.54 Å². The Kier molecular flexibility index (Phi) is 5.98. The van der Waals surface area contributed by atoms with Crippen molar-refractivity contribution < 1.29 is 4.79 Å². The van der Waals surface area contributed by atoms with Gasteiger partial charge in [-0.2, -0.15) is 0 Å². The Morgan fingerprint density at radius 1 is 1.27 bits per heavy atom. The van der Waals surface area contributed by atoms with Gasteiger partial charge in [0, 0.05) is 13.1 Å². The first-order valence-corrected chi connectivity index (χ1v) is 8.39. The Bertz CT molecular complexity index is 493. The molecular weight excluding hydrogens is 274 g/mol. The Hall–Kier alpha value is -1.39. The highest BCUT2D eigenvalue weighted by Crippen LogP contribution is 2.16. The van der Waals surface area contributed by atoms with E-state index in [0.29, 0.717) is 13.0 Å². The van der Waals surface area contributed by atoms with Crippen LogP contribution < -0.4 is 11.1 Å². The number of nitrogens with one attached hydrogen (secondary N) is 1. The lowest BCUT2D eigenvalue weighted by Crippen LogP contribution is -2.51. The molecule has 4 heteroatoms. The monoisotopic (exact) mass is 303 g/mol. The zero-order valence-electron chi connectivity index (χ0n) is 13.9. The van der Waals surface area contributed by atoms with E-state index in [0.717, 1.165) is 13.0 Å². The van der Waals surface area contributed by atoms with Crippen LogP contribution in [0, 0.1) is 0 Å². The topological polar surface area (TPSA) is 58.4 Å². The Labute approximate surface area is 134 Å². The summed E-state index contributed by atoms with van der Waals surface area (Å²) in [4.78, 5) is 14.7. The largest absolute Gasteiger partial charge is 0.350 e. The molecule has 1 aromatic rings. The first kappa shape index (κ1) is 17.0. The summed E-state index contributed by atoms with van der Waals surface area (Å²) in [5.41, 5.74) is 7.80. The van der Waals surface area contributed by atoms with Crippen LogP contribution in [0.5, 0.6) is 0 Å². The number of carbonyl (C=O) groups excluding carboxylic acids is 1. The van der Waals surface area contributed by atoms with Gasteiger partial charge < -0.3 is 11.1 Å². The van der Waals surface area contributed by atoms with E-state index < -0.39 is 5.54 Å². The van der Waals surface area contributed by atoms with E-state index in [1.807, 2.05) is 19.9 Å². The maximum absolute atomic E-state index is 12.2. The Morgan fingerprint density at radius 2 is 1.91 bits per heavy atom. The van der Waals surface area contributed by atoms with Crippen LogP contribution in [-0.2, 0) is 17.9 Å². The second-order valence-electron chi connectivity index (χ2n) is 6.60. The van der Waals surface area contributed by atoms with Gasteiger partial charge in [-0.05, 0) is 50.4 Å². The number of hydrogen-bond donors (Lipinski definition) is 2. The van der Waals surface area contributed by atoms with Crippen LogP contribution in [0.2, 0.25) is 0 Å². The standard InChI is InChI=1S/C18H29N3O/c1-3-10-18(2,19)17(22)20-13-15-8-4-5-9-16(15)14-21-11-6-7-12-21/h4-5,8-9H,3,6-7,10-14,19H2,1-2H3,(H,20,22). The number of likely N-dealkylation sites (tertiary alicyclic amines) is 1. The summed E-state index contributed by atoms with van der Waals surface area (Å²) in [5.74, 6) is -0.0645. The molecule has 0 radical (unpaired) electrons. The van der Waals surface area contributed by atoms with Gasteiger partial charge >= 0.3 is 0 Å². The first-order chi connectivity index (χ1) is 10.5. The smallest absolute Gasteiger partial charge is 0.240 e. The fraction of sp³-hybridized carbons (Fsp3) is 0.611. The van der Waals surface area contributed by atoms with Gasteiger partial charge in [0.15, 0.2) is 0 Å². The molecule has 0 bridgehead atoms. The van der Waals surface area contributed by atoms with Crippen molar-refractivity contribution in [3.05, 3.63) is 35.4 Å². The van der Waals surface area contributed by atoms with Crippen LogP contribution in [-0.4, -0.2) is 29.4 Å². The number of carbonyl (C=O) groups is 1. The molecule has 1 atom stereocenters. The third-order valence-electron chi connectivity index (χ3n) is 4.44. The number of amides is 1. The molecule has 1 fully saturated rings. The summed E-state index contributed by atoms with van der Waals surface area (Å²) in [6.07, 6.45) is 4.20. The molecule has 4 nitrogen and oxygen atoms in total. The molecule has 22 heavy (non-hydrogen) atoms. The molecule has 0 saturated carbocycles. The number of nitrogens with two attached hydrogens (primary N) is 1. The molecule has 3 N–H and O–H groups in total. The lowest BCUT2D eigenvalue weighted by Gasteiger charge is -2.23. The molecule has 122 valence electrons. The second-order valence-corrected chi connectivity index (χ2v) is 6.60. The van der Waals surface area contributed by atoms with Gasteiger partial charge in [-0.25, -0.2) is 0 Å². The third kappa shape index (κ3) is 4.55. The highest BCUT2D eigenvalue weighted by atomic mass is 16.2. The predicted octanol–water partition coefficient (Wildman–Crippen LogP) is 2.42. The molecule has 1 aliphatic heterocycles. The molecule has 0 aliphatic carbocycles. The second kappa shape index (κ2) is 7.75. The molecule has 0 spiro atoms. The quantitative estimate of drug-likeness (QED) is 0.813. The van der Waals surface area contributed by atoms with Crippen molar-refractivity contribution >= 4 is 5.91 Å². The zero-order chi connectivity index (χ0) is 16.0. The molecule has 1 amide bonds. The molecule has 0 aromatic heterocycles. The molecule has 2 rings (SSSR count). The molecule has 1 aromatic carbocycles. The minimum Gasteiger partial charge on any atom is -0.350 e. The van der Waals surface area contributed by atoms with Gasteiger partial charge in [0.1, 0.15) is 0 Å². The van der Waals surface area contributed by atoms with Crippen molar-refractivity contribution in [1.82, 2.24) is 10.2 Å². The average molecular weight is 303 g/mol. The van der Waals surface area contributed by atoms with Crippen LogP contribution in [0.4, 0.5) is 0 Å². The summed E-state index contributed by atoms with van der Waals surface area (Å²) in [7, 11) is 0. The van der Waals surface area contributed by atoms with Crippen molar-refractivity contribution in [2.45, 2.75) is 58.2 Å². The fourth-order valence-corrected chi connectivity index (χ4v) is 3.08. The summed E-state index contributed by atoms with van der Waals surface area (Å²) in [6, 6.07) is 8.36. The third-order valence-corrected chi connectivity index (χ3v) is 4.44. The highest BCUT2D eigenvalue weighted by Gasteiger charge is 2.26. The maximum atomic E-state index is 12.2. The highest BCUT2D eigenvalue weighted by molar-refractivity contribution is 5.85. The van der Waals surface area contributed by atoms with Gasteiger partial charge in [0.25, 0.3) is 0 Å². The Balaban J connectivity index is 1.96. The van der Waals surface area contributed by atoms with Crippen LogP contribution in [0.15, 0.2) is 24.3 Å². The van der Waals surface area contributed by atoms with E-state index in [1.54, 1.807) is 0 Å². The molecule has 1 heterocycles. The number of nitrogens with zero attached hydrogens (tertiary/aromatic N) is 1.